The van der Waals surface area contributed by atoms with Gasteiger partial charge in [0, 0.05) is 0 Å². The predicted octanol–water partition coefficient (Wildman–Crippen LogP) is 4.96. The first-order chi connectivity index (χ1) is 14.1. The summed E-state index contributed by atoms with van der Waals surface area (Å²) < 4.78 is 0. The third-order valence-corrected chi connectivity index (χ3v) is 10.1. The number of hydrogen-bond donors (Lipinski definition) is 4. The molecule has 4 nitrogen and oxygen atoms in total. The van der Waals surface area contributed by atoms with Gasteiger partial charge in [-0.2, -0.15) is 0 Å². The maximum Gasteiger partial charge on any atom is 0.0879 e. The zero-order chi connectivity index (χ0) is 22.1. The molecule has 3 rings (SSSR count). The van der Waals surface area contributed by atoms with E-state index in [1.165, 1.54) is 19.3 Å². The molecule has 4 heteroatoms. The molecule has 0 aromatic carbocycles. The molecule has 0 aromatic rings. The van der Waals surface area contributed by atoms with Gasteiger partial charge in [0.15, 0.2) is 0 Å². The standard InChI is InChI=1S/C26H48O4/c1-22(13-7-4-8-14-22)21(29)25(19-27,20-28)26(30,23(2)15-9-5-10-16-23)24(3)17-11-6-12-18-24/h21,27-30H,4-20H2,1-3H3. The van der Waals surface area contributed by atoms with E-state index in [2.05, 4.69) is 20.8 Å². The van der Waals surface area contributed by atoms with E-state index < -0.39 is 27.9 Å². The molecule has 3 aliphatic rings. The first-order valence-electron chi connectivity index (χ1n) is 12.8. The molecule has 0 spiro atoms. The van der Waals surface area contributed by atoms with Crippen LogP contribution in [0.5, 0.6) is 0 Å². The first-order valence-corrected chi connectivity index (χ1v) is 12.8. The quantitative estimate of drug-likeness (QED) is 0.466. The van der Waals surface area contributed by atoms with Crippen molar-refractivity contribution in [3.05, 3.63) is 0 Å². The van der Waals surface area contributed by atoms with Crippen LogP contribution in [0, 0.1) is 21.7 Å². The fraction of sp³-hybridized carbons (Fsp3) is 1.00. The Labute approximate surface area is 184 Å². The van der Waals surface area contributed by atoms with Gasteiger partial charge in [-0.3, -0.25) is 0 Å². The van der Waals surface area contributed by atoms with Gasteiger partial charge >= 0.3 is 0 Å². The van der Waals surface area contributed by atoms with Gasteiger partial charge in [0.1, 0.15) is 0 Å². The zero-order valence-corrected chi connectivity index (χ0v) is 19.9. The van der Waals surface area contributed by atoms with Gasteiger partial charge in [-0.05, 0) is 54.8 Å². The summed E-state index contributed by atoms with van der Waals surface area (Å²) in [6.07, 6.45) is 14.3. The van der Waals surface area contributed by atoms with Crippen molar-refractivity contribution in [1.82, 2.24) is 0 Å². The SMILES string of the molecule is CC1(C(O)C(CO)(CO)C(O)(C2(C)CCCCC2)C2(C)CCCCC2)CCCCC1. The number of aliphatic hydroxyl groups excluding tert-OH is 3. The maximum absolute atomic E-state index is 13.0. The molecule has 3 saturated carbocycles. The highest BCUT2D eigenvalue weighted by Crippen LogP contribution is 2.65. The molecule has 30 heavy (non-hydrogen) atoms. The maximum atomic E-state index is 13.0. The van der Waals surface area contributed by atoms with Crippen LogP contribution in [0.25, 0.3) is 0 Å². The van der Waals surface area contributed by atoms with Crippen molar-refractivity contribution in [2.75, 3.05) is 13.2 Å². The molecule has 3 aliphatic carbocycles. The fourth-order valence-electron chi connectivity index (χ4n) is 8.27. The fourth-order valence-corrected chi connectivity index (χ4v) is 8.27. The molecule has 0 saturated heterocycles. The van der Waals surface area contributed by atoms with Crippen LogP contribution in [0.2, 0.25) is 0 Å². The summed E-state index contributed by atoms with van der Waals surface area (Å²) in [5, 5.41) is 46.9. The minimum Gasteiger partial charge on any atom is -0.395 e. The number of hydrogen-bond acceptors (Lipinski definition) is 4. The van der Waals surface area contributed by atoms with Crippen molar-refractivity contribution in [3.8, 4) is 0 Å². The molecule has 4 N–H and O–H groups in total. The van der Waals surface area contributed by atoms with Crippen LogP contribution in [0.1, 0.15) is 117 Å². The van der Waals surface area contributed by atoms with Gasteiger partial charge < -0.3 is 20.4 Å². The molecule has 0 heterocycles. The number of rotatable bonds is 7. The zero-order valence-electron chi connectivity index (χ0n) is 19.9. The average molecular weight is 425 g/mol. The van der Waals surface area contributed by atoms with E-state index in [-0.39, 0.29) is 18.6 Å². The summed E-state index contributed by atoms with van der Waals surface area (Å²) in [7, 11) is 0. The minimum absolute atomic E-state index is 0.373. The molecule has 0 aliphatic heterocycles. The Morgan fingerprint density at radius 1 is 0.633 bits per heavy atom. The summed E-state index contributed by atoms with van der Waals surface area (Å²) >= 11 is 0. The Hall–Kier alpha value is -0.160. The summed E-state index contributed by atoms with van der Waals surface area (Å²) in [4.78, 5) is 0. The lowest BCUT2D eigenvalue weighted by Gasteiger charge is -2.67. The third-order valence-electron chi connectivity index (χ3n) is 10.1. The Morgan fingerprint density at radius 3 is 1.30 bits per heavy atom. The van der Waals surface area contributed by atoms with Crippen LogP contribution in [0.15, 0.2) is 0 Å². The summed E-state index contributed by atoms with van der Waals surface area (Å²) in [6.45, 7) is 5.73. The molecule has 0 radical (unpaired) electrons. The summed E-state index contributed by atoms with van der Waals surface area (Å²) in [6, 6.07) is 0. The van der Waals surface area contributed by atoms with Crippen molar-refractivity contribution in [2.24, 2.45) is 21.7 Å². The Balaban J connectivity index is 2.17. The molecular weight excluding hydrogens is 376 g/mol. The van der Waals surface area contributed by atoms with Gasteiger partial charge in [-0.25, -0.2) is 0 Å². The van der Waals surface area contributed by atoms with E-state index >= 15 is 0 Å². The van der Waals surface area contributed by atoms with Crippen LogP contribution in [-0.2, 0) is 0 Å². The van der Waals surface area contributed by atoms with Crippen LogP contribution >= 0.6 is 0 Å². The first kappa shape index (κ1) is 24.5. The number of aliphatic hydroxyl groups is 4. The van der Waals surface area contributed by atoms with Gasteiger partial charge in [0.25, 0.3) is 0 Å². The molecular formula is C26H48O4. The van der Waals surface area contributed by atoms with Crippen LogP contribution in [-0.4, -0.2) is 45.3 Å². The van der Waals surface area contributed by atoms with Gasteiger partial charge in [0.05, 0.1) is 30.3 Å². The summed E-state index contributed by atoms with van der Waals surface area (Å²) in [5.74, 6) is 0. The van der Waals surface area contributed by atoms with E-state index in [9.17, 15) is 20.4 Å². The Kier molecular flexibility index (Phi) is 7.34. The average Bonchev–Trinajstić information content (AvgIpc) is 2.76. The van der Waals surface area contributed by atoms with Gasteiger partial charge in [0.2, 0.25) is 0 Å². The summed E-state index contributed by atoms with van der Waals surface area (Å²) in [5.41, 5.74) is -3.87. The Morgan fingerprint density at radius 2 is 0.967 bits per heavy atom. The van der Waals surface area contributed by atoms with E-state index in [4.69, 9.17) is 0 Å². The smallest absolute Gasteiger partial charge is 0.0879 e. The lowest BCUT2D eigenvalue weighted by Crippen LogP contribution is -2.75. The molecule has 176 valence electrons. The van der Waals surface area contributed by atoms with Crippen molar-refractivity contribution in [3.63, 3.8) is 0 Å². The van der Waals surface area contributed by atoms with E-state index in [0.29, 0.717) is 0 Å². The highest BCUT2D eigenvalue weighted by Gasteiger charge is 2.71. The third kappa shape index (κ3) is 3.58. The van der Waals surface area contributed by atoms with Crippen LogP contribution < -0.4 is 0 Å². The highest BCUT2D eigenvalue weighted by atomic mass is 16.3. The monoisotopic (exact) mass is 424 g/mol. The van der Waals surface area contributed by atoms with E-state index in [0.717, 1.165) is 77.0 Å². The largest absolute Gasteiger partial charge is 0.395 e. The van der Waals surface area contributed by atoms with Crippen molar-refractivity contribution in [2.45, 2.75) is 129 Å². The van der Waals surface area contributed by atoms with Crippen molar-refractivity contribution in [1.29, 1.82) is 0 Å². The molecule has 3 fully saturated rings. The lowest BCUT2D eigenvalue weighted by molar-refractivity contribution is -0.310. The second kappa shape index (κ2) is 9.00. The van der Waals surface area contributed by atoms with Crippen molar-refractivity contribution >= 4 is 0 Å². The van der Waals surface area contributed by atoms with Crippen LogP contribution in [0.4, 0.5) is 0 Å². The predicted molar refractivity (Wildman–Crippen MR) is 121 cm³/mol. The lowest BCUT2D eigenvalue weighted by atomic mass is 9.41. The van der Waals surface area contributed by atoms with Gasteiger partial charge in [-0.15, -0.1) is 0 Å². The molecule has 0 aromatic heterocycles. The molecule has 1 atom stereocenters. The second-order valence-electron chi connectivity index (χ2n) is 12.0. The van der Waals surface area contributed by atoms with E-state index in [1.54, 1.807) is 0 Å². The normalized spacial score (nSPS) is 28.1. The van der Waals surface area contributed by atoms with Crippen molar-refractivity contribution < 1.29 is 20.4 Å². The molecule has 1 unspecified atom stereocenters. The Bertz CT molecular complexity index is 525. The van der Waals surface area contributed by atoms with Crippen LogP contribution in [0.3, 0.4) is 0 Å². The molecule has 0 bridgehead atoms. The van der Waals surface area contributed by atoms with Gasteiger partial charge in [-0.1, -0.05) is 78.6 Å². The topological polar surface area (TPSA) is 80.9 Å². The minimum atomic E-state index is -1.32. The highest BCUT2D eigenvalue weighted by molar-refractivity contribution is 5.20. The van der Waals surface area contributed by atoms with E-state index in [1.807, 2.05) is 0 Å². The molecule has 0 amide bonds. The second-order valence-corrected chi connectivity index (χ2v) is 12.0.